The molecular weight excluding hydrogens is 485 g/mol. The Morgan fingerprint density at radius 3 is 2.51 bits per heavy atom. The first-order valence-corrected chi connectivity index (χ1v) is 12.3. The van der Waals surface area contributed by atoms with Crippen LogP contribution in [0.2, 0.25) is 0 Å². The van der Waals surface area contributed by atoms with Gasteiger partial charge in [-0.15, -0.1) is 0 Å². The number of carbonyl (C=O) groups excluding carboxylic acids is 1. The molecule has 3 aromatic rings. The maximum Gasteiger partial charge on any atom is 0.405 e. The van der Waals surface area contributed by atoms with Crippen LogP contribution in [0, 0.1) is 0 Å². The van der Waals surface area contributed by atoms with Gasteiger partial charge in [-0.05, 0) is 50.6 Å². The van der Waals surface area contributed by atoms with Crippen LogP contribution in [0.15, 0.2) is 41.5 Å². The molecule has 1 fully saturated rings. The van der Waals surface area contributed by atoms with Gasteiger partial charge in [-0.1, -0.05) is 6.92 Å². The van der Waals surface area contributed by atoms with Crippen molar-refractivity contribution in [3.05, 3.63) is 47.7 Å². The molecule has 2 aromatic heterocycles. The van der Waals surface area contributed by atoms with Crippen LogP contribution in [0.1, 0.15) is 43.1 Å². The zero-order valence-electron chi connectivity index (χ0n) is 21.1. The minimum Gasteiger partial charge on any atom is -0.494 e. The molecule has 1 aromatic carbocycles. The van der Waals surface area contributed by atoms with E-state index in [1.165, 1.54) is 12.1 Å². The monoisotopic (exact) mass is 516 g/mol. The van der Waals surface area contributed by atoms with Gasteiger partial charge in [-0.25, -0.2) is 9.98 Å². The molecule has 0 unspecified atom stereocenters. The van der Waals surface area contributed by atoms with Crippen LogP contribution in [0.4, 0.5) is 24.7 Å². The van der Waals surface area contributed by atoms with Crippen LogP contribution >= 0.6 is 0 Å². The molecule has 1 aliphatic heterocycles. The number of pyridine rings is 1. The third-order valence-electron chi connectivity index (χ3n) is 6.51. The highest BCUT2D eigenvalue weighted by Crippen LogP contribution is 2.31. The van der Waals surface area contributed by atoms with Crippen molar-refractivity contribution in [3.63, 3.8) is 0 Å². The Balaban J connectivity index is 1.57. The standard InChI is InChI=1S/C26H31F3N6O2/c1-4-20(32-22-8-6-18(14-30-22)35-11-9-34(10-12-35)16(2)3)23-19-13-17(5-7-21(19)33-25(23)37)24(36)31-15-26(27,28)29/h5-8,13-14,16,33,37H,4,9-12,15H2,1-3H3,(H,31,36). The number of fused-ring (bicyclic) bond motifs is 1. The number of aromatic amines is 1. The van der Waals surface area contributed by atoms with E-state index in [0.29, 0.717) is 40.5 Å². The van der Waals surface area contributed by atoms with Crippen molar-refractivity contribution in [2.75, 3.05) is 37.6 Å². The summed E-state index contributed by atoms with van der Waals surface area (Å²) in [5.74, 6) is -0.523. The highest BCUT2D eigenvalue weighted by atomic mass is 19.4. The molecule has 8 nitrogen and oxygen atoms in total. The van der Waals surface area contributed by atoms with Crippen LogP contribution in [0.25, 0.3) is 10.9 Å². The summed E-state index contributed by atoms with van der Waals surface area (Å²) in [5, 5.41) is 13.0. The number of carbonyl (C=O) groups is 1. The molecule has 4 rings (SSSR count). The fourth-order valence-corrected chi connectivity index (χ4v) is 4.47. The number of alkyl halides is 3. The molecule has 1 aliphatic rings. The van der Waals surface area contributed by atoms with Crippen molar-refractivity contribution in [2.45, 2.75) is 39.4 Å². The summed E-state index contributed by atoms with van der Waals surface area (Å²) in [4.78, 5) is 29.0. The Hall–Kier alpha value is -3.60. The normalized spacial score (nSPS) is 15.5. The number of piperazine rings is 1. The van der Waals surface area contributed by atoms with E-state index in [0.717, 1.165) is 31.9 Å². The summed E-state index contributed by atoms with van der Waals surface area (Å²) >= 11 is 0. The summed E-state index contributed by atoms with van der Waals surface area (Å²) in [6.07, 6.45) is -2.27. The van der Waals surface area contributed by atoms with Crippen LogP contribution in [0.5, 0.6) is 5.88 Å². The lowest BCUT2D eigenvalue weighted by Gasteiger charge is -2.37. The Labute approximate surface area is 213 Å². The van der Waals surface area contributed by atoms with E-state index < -0.39 is 18.6 Å². The number of amides is 1. The second-order valence-electron chi connectivity index (χ2n) is 9.31. The number of H-pyrrole nitrogens is 1. The van der Waals surface area contributed by atoms with Gasteiger partial charge in [0.1, 0.15) is 6.54 Å². The van der Waals surface area contributed by atoms with Crippen LogP contribution in [-0.4, -0.2) is 76.5 Å². The third-order valence-corrected chi connectivity index (χ3v) is 6.51. The SMILES string of the molecule is CCC(=Nc1ccc(N2CCN(C(C)C)CC2)cn1)c1c(O)[nH]c2ccc(C(=O)NCC(F)(F)F)cc12. The number of aromatic hydroxyl groups is 1. The number of anilines is 1. The van der Waals surface area contributed by atoms with Gasteiger partial charge in [-0.3, -0.25) is 9.69 Å². The Morgan fingerprint density at radius 2 is 1.92 bits per heavy atom. The summed E-state index contributed by atoms with van der Waals surface area (Å²) in [6, 6.07) is 8.71. The number of nitrogens with one attached hydrogen (secondary N) is 2. The third kappa shape index (κ3) is 6.22. The van der Waals surface area contributed by atoms with Crippen molar-refractivity contribution in [3.8, 4) is 5.88 Å². The van der Waals surface area contributed by atoms with Crippen LogP contribution in [-0.2, 0) is 0 Å². The van der Waals surface area contributed by atoms with E-state index in [1.807, 2.05) is 24.4 Å². The molecule has 0 spiro atoms. The van der Waals surface area contributed by atoms with E-state index in [2.05, 4.69) is 38.6 Å². The van der Waals surface area contributed by atoms with Crippen molar-refractivity contribution in [1.82, 2.24) is 20.2 Å². The topological polar surface area (TPSA) is 96.8 Å². The number of aliphatic imine (C=N–C) groups is 1. The molecule has 37 heavy (non-hydrogen) atoms. The average Bonchev–Trinajstić information content (AvgIpc) is 3.20. The van der Waals surface area contributed by atoms with Crippen molar-refractivity contribution >= 4 is 34.0 Å². The number of nitrogens with zero attached hydrogens (tertiary/aromatic N) is 4. The molecule has 0 bridgehead atoms. The lowest BCUT2D eigenvalue weighted by molar-refractivity contribution is -0.123. The molecule has 0 aliphatic carbocycles. The Bertz CT molecular complexity index is 1280. The van der Waals surface area contributed by atoms with E-state index in [1.54, 1.807) is 12.3 Å². The summed E-state index contributed by atoms with van der Waals surface area (Å²) < 4.78 is 37.5. The van der Waals surface area contributed by atoms with E-state index in [9.17, 15) is 23.1 Å². The van der Waals surface area contributed by atoms with Gasteiger partial charge < -0.3 is 20.3 Å². The predicted octanol–water partition coefficient (Wildman–Crippen LogP) is 4.62. The molecule has 198 valence electrons. The highest BCUT2D eigenvalue weighted by molar-refractivity contribution is 6.14. The van der Waals surface area contributed by atoms with Gasteiger partial charge in [0.2, 0.25) is 0 Å². The molecular formula is C26H31F3N6O2. The van der Waals surface area contributed by atoms with Gasteiger partial charge in [0, 0.05) is 48.7 Å². The van der Waals surface area contributed by atoms with Gasteiger partial charge in [0.15, 0.2) is 11.7 Å². The fraction of sp³-hybridized carbons (Fsp3) is 0.423. The van der Waals surface area contributed by atoms with E-state index >= 15 is 0 Å². The molecule has 1 amide bonds. The van der Waals surface area contributed by atoms with Crippen molar-refractivity contribution in [2.24, 2.45) is 4.99 Å². The number of rotatable bonds is 7. The van der Waals surface area contributed by atoms with Crippen LogP contribution < -0.4 is 10.2 Å². The number of benzene rings is 1. The molecule has 0 saturated carbocycles. The first-order valence-electron chi connectivity index (χ1n) is 12.3. The molecule has 0 radical (unpaired) electrons. The Kier molecular flexibility index (Phi) is 7.72. The van der Waals surface area contributed by atoms with Gasteiger partial charge in [0.25, 0.3) is 5.91 Å². The summed E-state index contributed by atoms with van der Waals surface area (Å²) in [6.45, 7) is 8.68. The summed E-state index contributed by atoms with van der Waals surface area (Å²) in [7, 11) is 0. The van der Waals surface area contributed by atoms with E-state index in [-0.39, 0.29) is 11.4 Å². The zero-order valence-corrected chi connectivity index (χ0v) is 21.1. The van der Waals surface area contributed by atoms with Gasteiger partial charge in [0.05, 0.1) is 23.2 Å². The molecule has 0 atom stereocenters. The molecule has 3 heterocycles. The summed E-state index contributed by atoms with van der Waals surface area (Å²) in [5.41, 5.74) is 2.52. The smallest absolute Gasteiger partial charge is 0.405 e. The predicted molar refractivity (Wildman–Crippen MR) is 138 cm³/mol. The molecule has 1 saturated heterocycles. The number of hydrogen-bond acceptors (Lipinski definition) is 6. The number of aromatic nitrogens is 2. The molecule has 3 N–H and O–H groups in total. The van der Waals surface area contributed by atoms with Gasteiger partial charge >= 0.3 is 6.18 Å². The average molecular weight is 517 g/mol. The molecule has 11 heteroatoms. The fourth-order valence-electron chi connectivity index (χ4n) is 4.47. The first-order chi connectivity index (χ1) is 17.6. The minimum absolute atomic E-state index is 0.0486. The maximum atomic E-state index is 12.5. The number of halogens is 3. The maximum absolute atomic E-state index is 12.5. The van der Waals surface area contributed by atoms with Crippen LogP contribution in [0.3, 0.4) is 0 Å². The lowest BCUT2D eigenvalue weighted by Crippen LogP contribution is -2.48. The second kappa shape index (κ2) is 10.8. The largest absolute Gasteiger partial charge is 0.494 e. The Morgan fingerprint density at radius 1 is 1.19 bits per heavy atom. The van der Waals surface area contributed by atoms with E-state index in [4.69, 9.17) is 0 Å². The quantitative estimate of drug-likeness (QED) is 0.398. The van der Waals surface area contributed by atoms with Gasteiger partial charge in [-0.2, -0.15) is 13.2 Å². The lowest BCUT2D eigenvalue weighted by atomic mass is 10.0. The zero-order chi connectivity index (χ0) is 26.7. The number of hydrogen-bond donors (Lipinski definition) is 3. The highest BCUT2D eigenvalue weighted by Gasteiger charge is 2.28. The van der Waals surface area contributed by atoms with Crippen molar-refractivity contribution < 1.29 is 23.1 Å². The second-order valence-corrected chi connectivity index (χ2v) is 9.31. The van der Waals surface area contributed by atoms with Crippen molar-refractivity contribution in [1.29, 1.82) is 0 Å². The minimum atomic E-state index is -4.51. The first kappa shape index (κ1) is 26.5.